The van der Waals surface area contributed by atoms with Crippen LogP contribution >= 0.6 is 0 Å². The number of ether oxygens (including phenoxy) is 1. The fourth-order valence-electron chi connectivity index (χ4n) is 1.98. The fraction of sp³-hybridized carbons (Fsp3) is 0.308. The van der Waals surface area contributed by atoms with Gasteiger partial charge < -0.3 is 15.0 Å². The molecule has 2 aromatic heterocycles. The number of halogens is 1. The number of nitrogens with zero attached hydrogens (tertiary/aromatic N) is 4. The summed E-state index contributed by atoms with van der Waals surface area (Å²) in [7, 11) is 0. The van der Waals surface area contributed by atoms with Crippen molar-refractivity contribution in [1.29, 1.82) is 0 Å². The Morgan fingerprint density at radius 1 is 1.20 bits per heavy atom. The van der Waals surface area contributed by atoms with Gasteiger partial charge in [0, 0.05) is 19.3 Å². The van der Waals surface area contributed by atoms with Crippen molar-refractivity contribution in [3.8, 4) is 0 Å². The standard InChI is InChI=1S/C13H14FN5O/c14-12-10(19-5-7-20-8-6-19)9-16-13(18-12)17-11-3-1-2-4-15-11/h1-4,9H,5-8H2,(H,15,16,17,18). The number of pyridine rings is 1. The van der Waals surface area contributed by atoms with Crippen molar-refractivity contribution in [3.63, 3.8) is 0 Å². The van der Waals surface area contributed by atoms with Crippen LogP contribution in [-0.4, -0.2) is 41.3 Å². The van der Waals surface area contributed by atoms with E-state index in [1.165, 1.54) is 6.20 Å². The van der Waals surface area contributed by atoms with Crippen LogP contribution in [0, 0.1) is 5.95 Å². The zero-order chi connectivity index (χ0) is 13.8. The number of hydrogen-bond donors (Lipinski definition) is 1. The lowest BCUT2D eigenvalue weighted by atomic mass is 10.3. The molecular formula is C13H14FN5O. The minimum atomic E-state index is -0.541. The molecule has 0 unspecified atom stereocenters. The second kappa shape index (κ2) is 5.79. The summed E-state index contributed by atoms with van der Waals surface area (Å²) >= 11 is 0. The van der Waals surface area contributed by atoms with Crippen LogP contribution in [0.1, 0.15) is 0 Å². The maximum absolute atomic E-state index is 14.0. The highest BCUT2D eigenvalue weighted by Crippen LogP contribution is 2.19. The largest absolute Gasteiger partial charge is 0.378 e. The first-order valence-electron chi connectivity index (χ1n) is 6.36. The summed E-state index contributed by atoms with van der Waals surface area (Å²) < 4.78 is 19.3. The second-order valence-corrected chi connectivity index (χ2v) is 4.31. The van der Waals surface area contributed by atoms with Crippen molar-refractivity contribution >= 4 is 17.5 Å². The van der Waals surface area contributed by atoms with Crippen molar-refractivity contribution in [3.05, 3.63) is 36.5 Å². The van der Waals surface area contributed by atoms with E-state index in [4.69, 9.17) is 4.74 Å². The Kier molecular flexibility index (Phi) is 3.69. The van der Waals surface area contributed by atoms with Gasteiger partial charge in [0.1, 0.15) is 11.5 Å². The van der Waals surface area contributed by atoms with Crippen LogP contribution in [0.5, 0.6) is 0 Å². The Morgan fingerprint density at radius 3 is 2.75 bits per heavy atom. The van der Waals surface area contributed by atoms with Gasteiger partial charge in [0.25, 0.3) is 0 Å². The molecule has 0 amide bonds. The van der Waals surface area contributed by atoms with Gasteiger partial charge in [-0.15, -0.1) is 0 Å². The van der Waals surface area contributed by atoms with Crippen LogP contribution in [0.3, 0.4) is 0 Å². The van der Waals surface area contributed by atoms with Gasteiger partial charge in [-0.2, -0.15) is 9.37 Å². The van der Waals surface area contributed by atoms with Gasteiger partial charge in [-0.3, -0.25) is 0 Å². The molecule has 3 heterocycles. The van der Waals surface area contributed by atoms with E-state index in [-0.39, 0.29) is 5.95 Å². The minimum absolute atomic E-state index is 0.193. The van der Waals surface area contributed by atoms with Gasteiger partial charge in [0.15, 0.2) is 0 Å². The lowest BCUT2D eigenvalue weighted by Crippen LogP contribution is -2.37. The zero-order valence-electron chi connectivity index (χ0n) is 10.8. The molecule has 0 aliphatic carbocycles. The maximum atomic E-state index is 14.0. The van der Waals surface area contributed by atoms with Crippen LogP contribution < -0.4 is 10.2 Å². The Labute approximate surface area is 115 Å². The average molecular weight is 275 g/mol. The van der Waals surface area contributed by atoms with Crippen molar-refractivity contribution < 1.29 is 9.13 Å². The van der Waals surface area contributed by atoms with Crippen molar-refractivity contribution in [2.24, 2.45) is 0 Å². The molecule has 0 bridgehead atoms. The molecule has 3 rings (SSSR count). The lowest BCUT2D eigenvalue weighted by molar-refractivity contribution is 0.122. The number of nitrogens with one attached hydrogen (secondary N) is 1. The summed E-state index contributed by atoms with van der Waals surface area (Å²) in [5.74, 6) is 0.226. The molecule has 20 heavy (non-hydrogen) atoms. The summed E-state index contributed by atoms with van der Waals surface area (Å²) in [5, 5.41) is 2.86. The monoisotopic (exact) mass is 275 g/mol. The summed E-state index contributed by atoms with van der Waals surface area (Å²) in [6, 6.07) is 5.39. The molecule has 1 saturated heterocycles. The van der Waals surface area contributed by atoms with Crippen molar-refractivity contribution in [2.45, 2.75) is 0 Å². The first-order valence-corrected chi connectivity index (χ1v) is 6.36. The van der Waals surface area contributed by atoms with E-state index in [0.717, 1.165) is 0 Å². The SMILES string of the molecule is Fc1nc(Nc2ccccn2)ncc1N1CCOCC1. The van der Waals surface area contributed by atoms with Crippen LogP contribution in [-0.2, 0) is 4.74 Å². The number of aromatic nitrogens is 3. The molecule has 104 valence electrons. The van der Waals surface area contributed by atoms with E-state index in [0.29, 0.717) is 37.8 Å². The smallest absolute Gasteiger partial charge is 0.241 e. The normalized spacial score (nSPS) is 15.2. The Hall–Kier alpha value is -2.28. The topological polar surface area (TPSA) is 63.2 Å². The summed E-state index contributed by atoms with van der Waals surface area (Å²) in [6.07, 6.45) is 3.12. The second-order valence-electron chi connectivity index (χ2n) is 4.31. The van der Waals surface area contributed by atoms with Gasteiger partial charge in [-0.1, -0.05) is 6.07 Å². The molecule has 1 aliphatic rings. The first kappa shape index (κ1) is 12.7. The highest BCUT2D eigenvalue weighted by atomic mass is 19.1. The predicted octanol–water partition coefficient (Wildman–Crippen LogP) is 1.59. The highest BCUT2D eigenvalue weighted by molar-refractivity contribution is 5.51. The zero-order valence-corrected chi connectivity index (χ0v) is 10.8. The number of rotatable bonds is 3. The van der Waals surface area contributed by atoms with Gasteiger partial charge in [-0.05, 0) is 12.1 Å². The van der Waals surface area contributed by atoms with Crippen molar-refractivity contribution in [2.75, 3.05) is 36.5 Å². The summed E-state index contributed by atoms with van der Waals surface area (Å²) in [5.41, 5.74) is 0.403. The molecule has 1 fully saturated rings. The molecule has 0 atom stereocenters. The predicted molar refractivity (Wildman–Crippen MR) is 72.5 cm³/mol. The van der Waals surface area contributed by atoms with E-state index < -0.39 is 5.95 Å². The molecule has 0 aromatic carbocycles. The van der Waals surface area contributed by atoms with E-state index in [9.17, 15) is 4.39 Å². The third-order valence-electron chi connectivity index (χ3n) is 2.98. The molecule has 0 spiro atoms. The molecule has 7 heteroatoms. The van der Waals surface area contributed by atoms with Gasteiger partial charge in [0.05, 0.1) is 19.4 Å². The lowest BCUT2D eigenvalue weighted by Gasteiger charge is -2.28. The molecule has 1 aliphatic heterocycles. The molecule has 0 saturated carbocycles. The van der Waals surface area contributed by atoms with E-state index >= 15 is 0 Å². The van der Waals surface area contributed by atoms with Crippen LogP contribution in [0.2, 0.25) is 0 Å². The number of anilines is 3. The molecule has 6 nitrogen and oxygen atoms in total. The van der Waals surface area contributed by atoms with E-state index in [2.05, 4.69) is 20.3 Å². The molecule has 2 aromatic rings. The van der Waals surface area contributed by atoms with Crippen LogP contribution in [0.15, 0.2) is 30.6 Å². The molecule has 0 radical (unpaired) electrons. The van der Waals surface area contributed by atoms with Crippen LogP contribution in [0.4, 0.5) is 21.8 Å². The Balaban J connectivity index is 1.77. The van der Waals surface area contributed by atoms with E-state index in [1.807, 2.05) is 11.0 Å². The molecule has 1 N–H and O–H groups in total. The maximum Gasteiger partial charge on any atom is 0.241 e. The number of morpholine rings is 1. The van der Waals surface area contributed by atoms with E-state index in [1.54, 1.807) is 18.3 Å². The molecular weight excluding hydrogens is 261 g/mol. The summed E-state index contributed by atoms with van der Waals surface area (Å²) in [4.78, 5) is 13.9. The van der Waals surface area contributed by atoms with Gasteiger partial charge in [0.2, 0.25) is 11.9 Å². The third kappa shape index (κ3) is 2.83. The average Bonchev–Trinajstić information content (AvgIpc) is 2.49. The Morgan fingerprint density at radius 2 is 2.05 bits per heavy atom. The van der Waals surface area contributed by atoms with Gasteiger partial charge in [-0.25, -0.2) is 9.97 Å². The highest BCUT2D eigenvalue weighted by Gasteiger charge is 2.17. The van der Waals surface area contributed by atoms with Crippen molar-refractivity contribution in [1.82, 2.24) is 15.0 Å². The Bertz CT molecular complexity index is 574. The first-order chi connectivity index (χ1) is 9.83. The fourth-order valence-corrected chi connectivity index (χ4v) is 1.98. The third-order valence-corrected chi connectivity index (χ3v) is 2.98. The van der Waals surface area contributed by atoms with Crippen LogP contribution in [0.25, 0.3) is 0 Å². The summed E-state index contributed by atoms with van der Waals surface area (Å²) in [6.45, 7) is 2.47. The minimum Gasteiger partial charge on any atom is -0.378 e. The quantitative estimate of drug-likeness (QED) is 0.858. The number of hydrogen-bond acceptors (Lipinski definition) is 6. The van der Waals surface area contributed by atoms with Gasteiger partial charge >= 0.3 is 0 Å².